The van der Waals surface area contributed by atoms with Crippen molar-refractivity contribution >= 4 is 0 Å². The molecule has 2 heteroatoms. The number of ether oxygens (including phenoxy) is 1. The normalized spacial score (nSPS) is 14.0. The number of hydrogen-bond donors (Lipinski definition) is 1. The SMILES string of the molecule is CCCNC(CC(C)CC)c1ccccc1OCCC. The summed E-state index contributed by atoms with van der Waals surface area (Å²) in [6.45, 7) is 10.8. The molecule has 0 heterocycles. The summed E-state index contributed by atoms with van der Waals surface area (Å²) in [7, 11) is 0. The first kappa shape index (κ1) is 17.0. The van der Waals surface area contributed by atoms with Gasteiger partial charge in [0.15, 0.2) is 0 Å². The number of hydrogen-bond acceptors (Lipinski definition) is 2. The van der Waals surface area contributed by atoms with Gasteiger partial charge in [-0.2, -0.15) is 0 Å². The maximum atomic E-state index is 5.92. The predicted octanol–water partition coefficient (Wildman–Crippen LogP) is 4.95. The van der Waals surface area contributed by atoms with Gasteiger partial charge in [0.25, 0.3) is 0 Å². The van der Waals surface area contributed by atoms with Crippen LogP contribution in [0.15, 0.2) is 24.3 Å². The van der Waals surface area contributed by atoms with Gasteiger partial charge in [-0.05, 0) is 37.8 Å². The van der Waals surface area contributed by atoms with Crippen LogP contribution in [0.4, 0.5) is 0 Å². The predicted molar refractivity (Wildman–Crippen MR) is 87.3 cm³/mol. The molecule has 0 aliphatic heterocycles. The summed E-state index contributed by atoms with van der Waals surface area (Å²) in [5.41, 5.74) is 1.31. The molecule has 1 N–H and O–H groups in total. The van der Waals surface area contributed by atoms with Crippen LogP contribution in [0.2, 0.25) is 0 Å². The van der Waals surface area contributed by atoms with Crippen LogP contribution < -0.4 is 10.1 Å². The maximum Gasteiger partial charge on any atom is 0.124 e. The number of nitrogens with one attached hydrogen (secondary N) is 1. The van der Waals surface area contributed by atoms with E-state index in [1.54, 1.807) is 0 Å². The average molecular weight is 277 g/mol. The van der Waals surface area contributed by atoms with Crippen molar-refractivity contribution in [1.82, 2.24) is 5.32 Å². The van der Waals surface area contributed by atoms with Gasteiger partial charge in [-0.1, -0.05) is 52.3 Å². The van der Waals surface area contributed by atoms with E-state index < -0.39 is 0 Å². The standard InChI is InChI=1S/C18H31NO/c1-5-12-19-17(14-15(4)7-3)16-10-8-9-11-18(16)20-13-6-2/h8-11,15,17,19H,5-7,12-14H2,1-4H3. The van der Waals surface area contributed by atoms with E-state index in [4.69, 9.17) is 4.74 Å². The second-order valence-electron chi connectivity index (χ2n) is 5.64. The van der Waals surface area contributed by atoms with Crippen molar-refractivity contribution < 1.29 is 4.74 Å². The summed E-state index contributed by atoms with van der Waals surface area (Å²) < 4.78 is 5.92. The Hall–Kier alpha value is -1.02. The van der Waals surface area contributed by atoms with E-state index in [2.05, 4.69) is 57.3 Å². The Morgan fingerprint density at radius 2 is 1.85 bits per heavy atom. The van der Waals surface area contributed by atoms with E-state index in [-0.39, 0.29) is 0 Å². The summed E-state index contributed by atoms with van der Waals surface area (Å²) in [4.78, 5) is 0. The quantitative estimate of drug-likeness (QED) is 0.653. The molecule has 0 aliphatic rings. The van der Waals surface area contributed by atoms with Gasteiger partial charge in [0.2, 0.25) is 0 Å². The molecule has 0 fully saturated rings. The summed E-state index contributed by atoms with van der Waals surface area (Å²) in [5, 5.41) is 3.69. The third kappa shape index (κ3) is 5.54. The molecule has 1 rings (SSSR count). The van der Waals surface area contributed by atoms with Crippen molar-refractivity contribution in [3.8, 4) is 5.75 Å². The maximum absolute atomic E-state index is 5.92. The molecule has 2 unspecified atom stereocenters. The molecule has 0 spiro atoms. The molecule has 1 aromatic carbocycles. The van der Waals surface area contributed by atoms with E-state index in [9.17, 15) is 0 Å². The van der Waals surface area contributed by atoms with Crippen molar-refractivity contribution in [2.24, 2.45) is 5.92 Å². The minimum Gasteiger partial charge on any atom is -0.493 e. The van der Waals surface area contributed by atoms with E-state index in [1.807, 2.05) is 0 Å². The van der Waals surface area contributed by atoms with Gasteiger partial charge in [-0.25, -0.2) is 0 Å². The molecular weight excluding hydrogens is 246 g/mol. The molecule has 114 valence electrons. The first-order valence-corrected chi connectivity index (χ1v) is 8.17. The highest BCUT2D eigenvalue weighted by Gasteiger charge is 2.17. The average Bonchev–Trinajstić information content (AvgIpc) is 2.49. The summed E-state index contributed by atoms with van der Waals surface area (Å²) in [5.74, 6) is 1.77. The molecule has 0 saturated heterocycles. The second-order valence-corrected chi connectivity index (χ2v) is 5.64. The number of para-hydroxylation sites is 1. The largest absolute Gasteiger partial charge is 0.493 e. The molecule has 2 nitrogen and oxygen atoms in total. The van der Waals surface area contributed by atoms with Crippen molar-refractivity contribution in [2.45, 2.75) is 59.4 Å². The highest BCUT2D eigenvalue weighted by atomic mass is 16.5. The molecule has 2 atom stereocenters. The topological polar surface area (TPSA) is 21.3 Å². The fourth-order valence-corrected chi connectivity index (χ4v) is 2.32. The third-order valence-electron chi connectivity index (χ3n) is 3.73. The Bertz CT molecular complexity index is 364. The molecule has 0 saturated carbocycles. The lowest BCUT2D eigenvalue weighted by molar-refractivity contribution is 0.305. The van der Waals surface area contributed by atoms with Gasteiger partial charge in [0.1, 0.15) is 5.75 Å². The fourth-order valence-electron chi connectivity index (χ4n) is 2.32. The van der Waals surface area contributed by atoms with Crippen LogP contribution in [-0.4, -0.2) is 13.2 Å². The van der Waals surface area contributed by atoms with Crippen LogP contribution in [0.3, 0.4) is 0 Å². The smallest absolute Gasteiger partial charge is 0.124 e. The van der Waals surface area contributed by atoms with E-state index >= 15 is 0 Å². The lowest BCUT2D eigenvalue weighted by atomic mass is 9.93. The summed E-state index contributed by atoms with van der Waals surface area (Å²) >= 11 is 0. The van der Waals surface area contributed by atoms with Crippen LogP contribution in [0.5, 0.6) is 5.75 Å². The van der Waals surface area contributed by atoms with Gasteiger partial charge < -0.3 is 10.1 Å². The highest BCUT2D eigenvalue weighted by Crippen LogP contribution is 2.30. The van der Waals surface area contributed by atoms with Crippen LogP contribution >= 0.6 is 0 Å². The molecule has 0 radical (unpaired) electrons. The number of rotatable bonds is 10. The van der Waals surface area contributed by atoms with Crippen LogP contribution in [0.1, 0.15) is 65.0 Å². The van der Waals surface area contributed by atoms with Gasteiger partial charge in [-0.15, -0.1) is 0 Å². The van der Waals surface area contributed by atoms with Gasteiger partial charge in [0.05, 0.1) is 6.61 Å². The van der Waals surface area contributed by atoms with Crippen molar-refractivity contribution in [3.63, 3.8) is 0 Å². The molecule has 0 aliphatic carbocycles. The van der Waals surface area contributed by atoms with Gasteiger partial charge in [0, 0.05) is 11.6 Å². The Balaban J connectivity index is 2.87. The lowest BCUT2D eigenvalue weighted by Gasteiger charge is -2.24. The number of benzene rings is 1. The van der Waals surface area contributed by atoms with Gasteiger partial charge in [-0.3, -0.25) is 0 Å². The van der Waals surface area contributed by atoms with Crippen LogP contribution in [0.25, 0.3) is 0 Å². The zero-order valence-corrected chi connectivity index (χ0v) is 13.6. The highest BCUT2D eigenvalue weighted by molar-refractivity contribution is 5.36. The molecule has 0 amide bonds. The Labute approximate surface area is 124 Å². The van der Waals surface area contributed by atoms with Crippen molar-refractivity contribution in [2.75, 3.05) is 13.2 Å². The molecule has 20 heavy (non-hydrogen) atoms. The Morgan fingerprint density at radius 3 is 2.50 bits per heavy atom. The molecule has 1 aromatic rings. The zero-order valence-electron chi connectivity index (χ0n) is 13.6. The summed E-state index contributed by atoms with van der Waals surface area (Å²) in [6.07, 6.45) is 4.60. The van der Waals surface area contributed by atoms with Crippen molar-refractivity contribution in [1.29, 1.82) is 0 Å². The van der Waals surface area contributed by atoms with E-state index in [1.165, 1.54) is 18.4 Å². The molecule has 0 bridgehead atoms. The van der Waals surface area contributed by atoms with E-state index in [0.29, 0.717) is 6.04 Å². The fraction of sp³-hybridized carbons (Fsp3) is 0.667. The summed E-state index contributed by atoms with van der Waals surface area (Å²) in [6, 6.07) is 8.89. The second kappa shape index (κ2) is 9.82. The van der Waals surface area contributed by atoms with E-state index in [0.717, 1.165) is 37.7 Å². The minimum atomic E-state index is 0.401. The zero-order chi connectivity index (χ0) is 14.8. The Kier molecular flexibility index (Phi) is 8.36. The molecule has 0 aromatic heterocycles. The van der Waals surface area contributed by atoms with Crippen molar-refractivity contribution in [3.05, 3.63) is 29.8 Å². The van der Waals surface area contributed by atoms with Crippen LogP contribution in [-0.2, 0) is 0 Å². The monoisotopic (exact) mass is 277 g/mol. The lowest BCUT2D eigenvalue weighted by Crippen LogP contribution is -2.24. The third-order valence-corrected chi connectivity index (χ3v) is 3.73. The first-order chi connectivity index (χ1) is 9.72. The van der Waals surface area contributed by atoms with Gasteiger partial charge >= 0.3 is 0 Å². The minimum absolute atomic E-state index is 0.401. The Morgan fingerprint density at radius 1 is 1.10 bits per heavy atom. The van der Waals surface area contributed by atoms with Crippen LogP contribution in [0, 0.1) is 5.92 Å². The first-order valence-electron chi connectivity index (χ1n) is 8.17. The molecular formula is C18H31NO.